The fraction of sp³-hybridized carbons (Fsp3) is 0.150. The molecule has 3 rings (SSSR count). The molecular formula is C20H20N4O2. The fourth-order valence-electron chi connectivity index (χ4n) is 2.77. The summed E-state index contributed by atoms with van der Waals surface area (Å²) in [5, 5.41) is 16.2. The van der Waals surface area contributed by atoms with Crippen LogP contribution in [0, 0.1) is 5.41 Å². The van der Waals surface area contributed by atoms with Crippen LogP contribution in [0.25, 0.3) is 22.6 Å². The first-order valence-corrected chi connectivity index (χ1v) is 8.23. The quantitative estimate of drug-likeness (QED) is 0.470. The Morgan fingerprint density at radius 1 is 1.12 bits per heavy atom. The maximum absolute atomic E-state index is 10.7. The lowest BCUT2D eigenvalue weighted by molar-refractivity contribution is -0.136. The second-order valence-electron chi connectivity index (χ2n) is 6.14. The average Bonchev–Trinajstić information content (AvgIpc) is 3.02. The van der Waals surface area contributed by atoms with Gasteiger partial charge >= 0.3 is 5.97 Å². The zero-order valence-corrected chi connectivity index (χ0v) is 14.4. The molecular weight excluding hydrogens is 328 g/mol. The maximum Gasteiger partial charge on any atom is 0.303 e. The minimum atomic E-state index is -0.793. The van der Waals surface area contributed by atoms with Gasteiger partial charge in [0, 0.05) is 36.4 Å². The molecule has 0 unspecified atom stereocenters. The molecule has 4 N–H and O–H groups in total. The molecule has 0 bridgehead atoms. The molecule has 0 saturated carbocycles. The predicted molar refractivity (Wildman–Crippen MR) is 101 cm³/mol. The van der Waals surface area contributed by atoms with E-state index in [0.717, 1.165) is 28.2 Å². The Labute approximate surface area is 151 Å². The van der Waals surface area contributed by atoms with Crippen LogP contribution in [0.2, 0.25) is 0 Å². The lowest BCUT2D eigenvalue weighted by atomic mass is 10.1. The molecule has 6 heteroatoms. The highest BCUT2D eigenvalue weighted by molar-refractivity contribution is 5.95. The van der Waals surface area contributed by atoms with E-state index in [9.17, 15) is 4.79 Å². The summed E-state index contributed by atoms with van der Waals surface area (Å²) in [7, 11) is 1.94. The smallest absolute Gasteiger partial charge is 0.303 e. The molecule has 26 heavy (non-hydrogen) atoms. The van der Waals surface area contributed by atoms with E-state index < -0.39 is 5.97 Å². The number of nitrogens with one attached hydrogen (secondary N) is 1. The van der Waals surface area contributed by atoms with E-state index in [0.29, 0.717) is 12.0 Å². The molecule has 2 aromatic carbocycles. The van der Waals surface area contributed by atoms with Gasteiger partial charge in [-0.1, -0.05) is 48.5 Å². The van der Waals surface area contributed by atoms with Gasteiger partial charge in [-0.3, -0.25) is 10.2 Å². The van der Waals surface area contributed by atoms with E-state index in [1.807, 2.05) is 66.3 Å². The summed E-state index contributed by atoms with van der Waals surface area (Å²) in [4.78, 5) is 15.4. The van der Waals surface area contributed by atoms with Gasteiger partial charge in [0.15, 0.2) is 0 Å². The zero-order chi connectivity index (χ0) is 18.7. The molecule has 0 radical (unpaired) electrons. The number of carbonyl (C=O) groups is 1. The van der Waals surface area contributed by atoms with Crippen molar-refractivity contribution in [1.82, 2.24) is 9.55 Å². The summed E-state index contributed by atoms with van der Waals surface area (Å²) in [5.41, 5.74) is 9.93. The number of carboxylic acids is 1. The Morgan fingerprint density at radius 2 is 1.73 bits per heavy atom. The van der Waals surface area contributed by atoms with Gasteiger partial charge in [0.25, 0.3) is 0 Å². The molecule has 3 aromatic rings. The number of amidine groups is 1. The third-order valence-electron chi connectivity index (χ3n) is 4.21. The van der Waals surface area contributed by atoms with Gasteiger partial charge in [0.1, 0.15) is 11.7 Å². The number of hydrogen-bond donors (Lipinski definition) is 3. The lowest BCUT2D eigenvalue weighted by Gasteiger charge is -2.03. The standard InChI is InChI=1S/C20H20N4O2/c1-24-12-17(14-7-9-15(10-8-14)19(21)22)23-20(24)16-5-2-13(3-6-16)4-11-18(25)26/h2-3,5-10,12H,4,11H2,1H3,(H3,21,22)(H,25,26). The minimum absolute atomic E-state index is 0.0428. The molecule has 0 aliphatic heterocycles. The van der Waals surface area contributed by atoms with Crippen molar-refractivity contribution in [2.45, 2.75) is 12.8 Å². The normalized spacial score (nSPS) is 10.7. The zero-order valence-electron chi connectivity index (χ0n) is 14.4. The summed E-state index contributed by atoms with van der Waals surface area (Å²) in [6, 6.07) is 15.2. The van der Waals surface area contributed by atoms with Gasteiger partial charge in [-0.15, -0.1) is 0 Å². The predicted octanol–water partition coefficient (Wildman–Crippen LogP) is 3.06. The fourth-order valence-corrected chi connectivity index (χ4v) is 2.77. The SMILES string of the molecule is Cn1cc(-c2ccc(C(=N)N)cc2)nc1-c1ccc(CCC(=O)O)cc1. The van der Waals surface area contributed by atoms with Gasteiger partial charge < -0.3 is 15.4 Å². The number of benzene rings is 2. The van der Waals surface area contributed by atoms with Crippen molar-refractivity contribution in [3.63, 3.8) is 0 Å². The van der Waals surface area contributed by atoms with Crippen LogP contribution in [0.15, 0.2) is 54.7 Å². The van der Waals surface area contributed by atoms with Crippen LogP contribution >= 0.6 is 0 Å². The number of aromatic nitrogens is 2. The highest BCUT2D eigenvalue weighted by atomic mass is 16.4. The lowest BCUT2D eigenvalue weighted by Crippen LogP contribution is -2.10. The van der Waals surface area contributed by atoms with Gasteiger partial charge in [0.2, 0.25) is 0 Å². The van der Waals surface area contributed by atoms with E-state index >= 15 is 0 Å². The Hall–Kier alpha value is -3.41. The molecule has 0 aliphatic carbocycles. The van der Waals surface area contributed by atoms with Crippen molar-refractivity contribution in [3.8, 4) is 22.6 Å². The molecule has 6 nitrogen and oxygen atoms in total. The number of nitrogens with two attached hydrogens (primary N) is 1. The van der Waals surface area contributed by atoms with Crippen LogP contribution in [0.1, 0.15) is 17.5 Å². The first kappa shape index (κ1) is 17.4. The minimum Gasteiger partial charge on any atom is -0.481 e. The average molecular weight is 348 g/mol. The van der Waals surface area contributed by atoms with E-state index in [2.05, 4.69) is 0 Å². The van der Waals surface area contributed by atoms with Crippen molar-refractivity contribution in [2.75, 3.05) is 0 Å². The number of aryl methyl sites for hydroxylation is 2. The van der Waals surface area contributed by atoms with Crippen LogP contribution in [0.3, 0.4) is 0 Å². The largest absolute Gasteiger partial charge is 0.481 e. The summed E-state index contributed by atoms with van der Waals surface area (Å²) < 4.78 is 1.96. The third-order valence-corrected chi connectivity index (χ3v) is 4.21. The number of carboxylic acid groups (broad SMARTS) is 1. The van der Waals surface area contributed by atoms with Gasteiger partial charge in [0.05, 0.1) is 5.69 Å². The Balaban J connectivity index is 1.83. The first-order chi connectivity index (χ1) is 12.4. The summed E-state index contributed by atoms with van der Waals surface area (Å²) in [6.07, 6.45) is 2.60. The molecule has 1 aromatic heterocycles. The molecule has 0 amide bonds. The second kappa shape index (κ2) is 7.23. The molecule has 0 spiro atoms. The second-order valence-corrected chi connectivity index (χ2v) is 6.14. The number of imidazole rings is 1. The van der Waals surface area contributed by atoms with E-state index in [-0.39, 0.29) is 12.3 Å². The number of rotatable bonds is 6. The van der Waals surface area contributed by atoms with Crippen molar-refractivity contribution in [2.24, 2.45) is 12.8 Å². The van der Waals surface area contributed by atoms with Gasteiger partial charge in [-0.05, 0) is 12.0 Å². The van der Waals surface area contributed by atoms with E-state index in [1.165, 1.54) is 0 Å². The van der Waals surface area contributed by atoms with E-state index in [1.54, 1.807) is 0 Å². The Morgan fingerprint density at radius 3 is 2.31 bits per heavy atom. The summed E-state index contributed by atoms with van der Waals surface area (Å²) >= 11 is 0. The molecule has 0 saturated heterocycles. The summed E-state index contributed by atoms with van der Waals surface area (Å²) in [6.45, 7) is 0. The van der Waals surface area contributed by atoms with Crippen molar-refractivity contribution >= 4 is 11.8 Å². The molecule has 0 atom stereocenters. The van der Waals surface area contributed by atoms with Crippen LogP contribution < -0.4 is 5.73 Å². The van der Waals surface area contributed by atoms with Crippen LogP contribution in [0.4, 0.5) is 0 Å². The molecule has 0 fully saturated rings. The van der Waals surface area contributed by atoms with Gasteiger partial charge in [-0.2, -0.15) is 0 Å². The van der Waals surface area contributed by atoms with Crippen molar-refractivity contribution in [3.05, 3.63) is 65.9 Å². The molecule has 0 aliphatic rings. The number of aliphatic carboxylic acids is 1. The van der Waals surface area contributed by atoms with E-state index in [4.69, 9.17) is 21.2 Å². The molecule has 132 valence electrons. The monoisotopic (exact) mass is 348 g/mol. The topological polar surface area (TPSA) is 105 Å². The first-order valence-electron chi connectivity index (χ1n) is 8.23. The van der Waals surface area contributed by atoms with Gasteiger partial charge in [-0.25, -0.2) is 4.98 Å². The highest BCUT2D eigenvalue weighted by Gasteiger charge is 2.10. The van der Waals surface area contributed by atoms with Crippen LogP contribution in [-0.4, -0.2) is 26.5 Å². The number of nitrogen functional groups attached to an aromatic ring is 1. The van der Waals surface area contributed by atoms with Crippen LogP contribution in [-0.2, 0) is 18.3 Å². The van der Waals surface area contributed by atoms with Crippen molar-refractivity contribution < 1.29 is 9.90 Å². The Bertz CT molecular complexity index is 941. The number of nitrogens with zero attached hydrogens (tertiary/aromatic N) is 2. The maximum atomic E-state index is 10.7. The Kier molecular flexibility index (Phi) is 4.84. The van der Waals surface area contributed by atoms with Crippen molar-refractivity contribution in [1.29, 1.82) is 5.41 Å². The third kappa shape index (κ3) is 3.80. The molecule has 1 heterocycles. The summed E-state index contributed by atoms with van der Waals surface area (Å²) in [5.74, 6) is 0.0836. The van der Waals surface area contributed by atoms with Crippen LogP contribution in [0.5, 0.6) is 0 Å². The number of hydrogen-bond acceptors (Lipinski definition) is 3. The highest BCUT2D eigenvalue weighted by Crippen LogP contribution is 2.25.